The molecule has 2 aliphatic carbocycles. The van der Waals surface area contributed by atoms with Crippen LogP contribution in [0.1, 0.15) is 50.0 Å². The summed E-state index contributed by atoms with van der Waals surface area (Å²) >= 11 is 0. The Balaban J connectivity index is 1.22. The topological polar surface area (TPSA) is 56.1 Å². The Kier molecular flexibility index (Phi) is 5.64. The molecule has 156 valence electrons. The van der Waals surface area contributed by atoms with Crippen LogP contribution in [0.15, 0.2) is 18.5 Å². The molecule has 2 saturated carbocycles. The highest BCUT2D eigenvalue weighted by atomic mass is 16.5. The van der Waals surface area contributed by atoms with Crippen LogP contribution in [0.3, 0.4) is 0 Å². The van der Waals surface area contributed by atoms with Gasteiger partial charge in [-0.05, 0) is 62.8 Å². The highest BCUT2D eigenvalue weighted by Gasteiger charge is 2.28. The molecule has 2 aromatic heterocycles. The zero-order valence-corrected chi connectivity index (χ0v) is 17.6. The van der Waals surface area contributed by atoms with E-state index in [1.807, 2.05) is 23.1 Å². The molecule has 5 rings (SSSR count). The predicted molar refractivity (Wildman–Crippen MR) is 113 cm³/mol. The van der Waals surface area contributed by atoms with Gasteiger partial charge in [0.15, 0.2) is 0 Å². The van der Waals surface area contributed by atoms with Crippen molar-refractivity contribution in [1.29, 1.82) is 0 Å². The number of rotatable bonds is 6. The van der Waals surface area contributed by atoms with Crippen molar-refractivity contribution in [1.82, 2.24) is 24.6 Å². The quantitative estimate of drug-likeness (QED) is 0.751. The van der Waals surface area contributed by atoms with E-state index < -0.39 is 0 Å². The van der Waals surface area contributed by atoms with E-state index in [4.69, 9.17) is 9.72 Å². The van der Waals surface area contributed by atoms with Crippen molar-refractivity contribution in [2.45, 2.75) is 57.4 Å². The van der Waals surface area contributed by atoms with Crippen molar-refractivity contribution in [3.05, 3.63) is 30.0 Å². The molecular weight excluding hydrogens is 362 g/mol. The molecule has 0 N–H and O–H groups in total. The van der Waals surface area contributed by atoms with Gasteiger partial charge in [-0.3, -0.25) is 9.58 Å². The van der Waals surface area contributed by atoms with Crippen LogP contribution in [0.5, 0.6) is 0 Å². The third kappa shape index (κ3) is 4.53. The molecule has 1 saturated heterocycles. The normalized spacial score (nSPS) is 26.0. The Morgan fingerprint density at radius 2 is 1.72 bits per heavy atom. The molecule has 3 heterocycles. The second-order valence-corrected chi connectivity index (χ2v) is 9.16. The smallest absolute Gasteiger partial charge is 0.129 e. The molecule has 1 aliphatic heterocycles. The number of aromatic nitrogens is 4. The fourth-order valence-corrected chi connectivity index (χ4v) is 5.08. The van der Waals surface area contributed by atoms with Crippen molar-refractivity contribution >= 4 is 0 Å². The summed E-state index contributed by atoms with van der Waals surface area (Å²) in [4.78, 5) is 12.2. The SMILES string of the molecule is Cn1ncc(-c2ccnc(CC3CCC(N4CCOCC4)CC3)n2)c1CC1CC1. The average molecular weight is 396 g/mol. The van der Waals surface area contributed by atoms with E-state index in [2.05, 4.69) is 22.0 Å². The second-order valence-electron chi connectivity index (χ2n) is 9.16. The summed E-state index contributed by atoms with van der Waals surface area (Å²) in [5.74, 6) is 2.55. The molecule has 6 heteroatoms. The molecule has 3 aliphatic rings. The molecule has 3 fully saturated rings. The van der Waals surface area contributed by atoms with E-state index in [0.29, 0.717) is 5.92 Å². The van der Waals surface area contributed by atoms with Gasteiger partial charge < -0.3 is 4.74 Å². The van der Waals surface area contributed by atoms with Crippen LogP contribution in [0, 0.1) is 11.8 Å². The van der Waals surface area contributed by atoms with Crippen molar-refractivity contribution in [3.8, 4) is 11.3 Å². The number of morpholine rings is 1. The maximum absolute atomic E-state index is 5.51. The van der Waals surface area contributed by atoms with Crippen LogP contribution in [-0.2, 0) is 24.6 Å². The number of hydrogen-bond acceptors (Lipinski definition) is 5. The molecule has 2 aromatic rings. The van der Waals surface area contributed by atoms with Gasteiger partial charge in [0, 0.05) is 50.1 Å². The van der Waals surface area contributed by atoms with Gasteiger partial charge in [0.2, 0.25) is 0 Å². The van der Waals surface area contributed by atoms with Gasteiger partial charge in [-0.2, -0.15) is 5.10 Å². The molecule has 0 atom stereocenters. The van der Waals surface area contributed by atoms with Gasteiger partial charge in [-0.15, -0.1) is 0 Å². The maximum Gasteiger partial charge on any atom is 0.129 e. The maximum atomic E-state index is 5.51. The molecule has 0 radical (unpaired) electrons. The van der Waals surface area contributed by atoms with Crippen molar-refractivity contribution in [2.75, 3.05) is 26.3 Å². The van der Waals surface area contributed by atoms with Gasteiger partial charge >= 0.3 is 0 Å². The first kappa shape index (κ1) is 19.2. The summed E-state index contributed by atoms with van der Waals surface area (Å²) in [5.41, 5.74) is 3.56. The van der Waals surface area contributed by atoms with E-state index in [0.717, 1.165) is 62.6 Å². The molecule has 0 spiro atoms. The molecular formula is C23H33N5O. The third-order valence-electron chi connectivity index (χ3n) is 7.07. The summed E-state index contributed by atoms with van der Waals surface area (Å²) in [7, 11) is 2.05. The second kappa shape index (κ2) is 8.52. The zero-order valence-electron chi connectivity index (χ0n) is 17.6. The summed E-state index contributed by atoms with van der Waals surface area (Å²) in [6, 6.07) is 2.80. The van der Waals surface area contributed by atoms with Gasteiger partial charge in [0.1, 0.15) is 5.82 Å². The Hall–Kier alpha value is -1.79. The standard InChI is InChI=1S/C23H33N5O/c1-27-22(14-17-2-3-17)20(16-25-27)21-8-9-24-23(26-21)15-18-4-6-19(7-5-18)28-10-12-29-13-11-28/h8-9,16-19H,2-7,10-15H2,1H3. The van der Waals surface area contributed by atoms with Crippen LogP contribution in [0.25, 0.3) is 11.3 Å². The van der Waals surface area contributed by atoms with Gasteiger partial charge in [-0.1, -0.05) is 0 Å². The van der Waals surface area contributed by atoms with Crippen LogP contribution >= 0.6 is 0 Å². The number of nitrogens with zero attached hydrogens (tertiary/aromatic N) is 5. The lowest BCUT2D eigenvalue weighted by atomic mass is 9.83. The van der Waals surface area contributed by atoms with Crippen LogP contribution in [-0.4, -0.2) is 57.0 Å². The largest absolute Gasteiger partial charge is 0.379 e. The van der Waals surface area contributed by atoms with Crippen LogP contribution < -0.4 is 0 Å². The molecule has 29 heavy (non-hydrogen) atoms. The minimum Gasteiger partial charge on any atom is -0.379 e. The first-order chi connectivity index (χ1) is 14.3. The minimum atomic E-state index is 0.711. The Morgan fingerprint density at radius 3 is 2.48 bits per heavy atom. The molecule has 0 amide bonds. The predicted octanol–water partition coefficient (Wildman–Crippen LogP) is 3.26. The summed E-state index contributed by atoms with van der Waals surface area (Å²) in [6.45, 7) is 4.01. The van der Waals surface area contributed by atoms with Gasteiger partial charge in [0.25, 0.3) is 0 Å². The van der Waals surface area contributed by atoms with E-state index in [1.54, 1.807) is 0 Å². The third-order valence-corrected chi connectivity index (χ3v) is 7.07. The molecule has 6 nitrogen and oxygen atoms in total. The Bertz CT molecular complexity index is 816. The first-order valence-corrected chi connectivity index (χ1v) is 11.4. The number of hydrogen-bond donors (Lipinski definition) is 0. The van der Waals surface area contributed by atoms with E-state index in [1.165, 1.54) is 49.8 Å². The Morgan fingerprint density at radius 1 is 1.00 bits per heavy atom. The van der Waals surface area contributed by atoms with E-state index in [-0.39, 0.29) is 0 Å². The van der Waals surface area contributed by atoms with Gasteiger partial charge in [-0.25, -0.2) is 9.97 Å². The van der Waals surface area contributed by atoms with Gasteiger partial charge in [0.05, 0.1) is 25.1 Å². The summed E-state index contributed by atoms with van der Waals surface area (Å²) < 4.78 is 7.54. The molecule has 0 aromatic carbocycles. The highest BCUT2D eigenvalue weighted by molar-refractivity contribution is 5.61. The van der Waals surface area contributed by atoms with E-state index in [9.17, 15) is 0 Å². The lowest BCUT2D eigenvalue weighted by Gasteiger charge is -2.38. The lowest BCUT2D eigenvalue weighted by Crippen LogP contribution is -2.45. The Labute approximate surface area is 173 Å². The zero-order chi connectivity index (χ0) is 19.6. The summed E-state index contributed by atoms with van der Waals surface area (Å²) in [6.07, 6.45) is 13.9. The van der Waals surface area contributed by atoms with Crippen molar-refractivity contribution in [2.24, 2.45) is 18.9 Å². The first-order valence-electron chi connectivity index (χ1n) is 11.4. The highest BCUT2D eigenvalue weighted by Crippen LogP contribution is 2.35. The fraction of sp³-hybridized carbons (Fsp3) is 0.696. The minimum absolute atomic E-state index is 0.711. The monoisotopic (exact) mass is 395 g/mol. The van der Waals surface area contributed by atoms with Crippen LogP contribution in [0.2, 0.25) is 0 Å². The fourth-order valence-electron chi connectivity index (χ4n) is 5.08. The van der Waals surface area contributed by atoms with E-state index >= 15 is 0 Å². The van der Waals surface area contributed by atoms with Crippen LogP contribution in [0.4, 0.5) is 0 Å². The molecule has 0 bridgehead atoms. The number of ether oxygens (including phenoxy) is 1. The van der Waals surface area contributed by atoms with Crippen molar-refractivity contribution < 1.29 is 4.74 Å². The van der Waals surface area contributed by atoms with Crippen molar-refractivity contribution in [3.63, 3.8) is 0 Å². The molecule has 0 unspecified atom stereocenters. The average Bonchev–Trinajstić information content (AvgIpc) is 3.51. The lowest BCUT2D eigenvalue weighted by molar-refractivity contribution is 0.00490. The summed E-state index contributed by atoms with van der Waals surface area (Å²) in [5, 5.41) is 4.51. The number of aryl methyl sites for hydroxylation is 1.